The number of halogens is 3. The Morgan fingerprint density at radius 1 is 0.963 bits per heavy atom. The molecule has 0 spiro atoms. The van der Waals surface area contributed by atoms with Crippen LogP contribution in [0.25, 0.3) is 0 Å². The van der Waals surface area contributed by atoms with Crippen molar-refractivity contribution in [2.24, 2.45) is 0 Å². The van der Waals surface area contributed by atoms with Crippen LogP contribution in [0.3, 0.4) is 0 Å². The summed E-state index contributed by atoms with van der Waals surface area (Å²) in [7, 11) is 0. The van der Waals surface area contributed by atoms with E-state index in [1.807, 2.05) is 17.5 Å². The molecule has 0 aliphatic heterocycles. The van der Waals surface area contributed by atoms with E-state index >= 15 is 0 Å². The van der Waals surface area contributed by atoms with Crippen LogP contribution in [0.2, 0.25) is 0 Å². The second-order valence-electron chi connectivity index (χ2n) is 5.85. The van der Waals surface area contributed by atoms with Crippen LogP contribution in [0.5, 0.6) is 0 Å². The molecule has 0 saturated carbocycles. The van der Waals surface area contributed by atoms with Gasteiger partial charge in [0.25, 0.3) is 0 Å². The van der Waals surface area contributed by atoms with Gasteiger partial charge in [0.1, 0.15) is 17.5 Å². The van der Waals surface area contributed by atoms with E-state index in [0.29, 0.717) is 0 Å². The molecule has 3 rings (SSSR count). The number of rotatable bonds is 6. The summed E-state index contributed by atoms with van der Waals surface area (Å²) >= 11 is 1.46. The quantitative estimate of drug-likeness (QED) is 0.624. The van der Waals surface area contributed by atoms with Crippen molar-refractivity contribution in [3.05, 3.63) is 93.4 Å². The van der Waals surface area contributed by atoms with Gasteiger partial charge in [-0.2, -0.15) is 0 Å². The van der Waals surface area contributed by atoms with Gasteiger partial charge in [0.05, 0.1) is 6.04 Å². The molecule has 0 radical (unpaired) electrons. The maximum absolute atomic E-state index is 13.6. The third kappa shape index (κ3) is 4.89. The molecule has 1 heterocycles. The van der Waals surface area contributed by atoms with Gasteiger partial charge in [-0.1, -0.05) is 24.3 Å². The van der Waals surface area contributed by atoms with Crippen molar-refractivity contribution in [2.45, 2.75) is 12.5 Å². The minimum Gasteiger partial charge on any atom is -0.338 e. The lowest BCUT2D eigenvalue weighted by Crippen LogP contribution is -2.39. The van der Waals surface area contributed by atoms with Gasteiger partial charge in [-0.05, 0) is 47.7 Å². The normalized spacial score (nSPS) is 11.8. The van der Waals surface area contributed by atoms with E-state index in [1.165, 1.54) is 41.7 Å². The number of carbonyl (C=O) groups excluding carboxylic acids is 1. The predicted molar refractivity (Wildman–Crippen MR) is 99.2 cm³/mol. The number of carbonyl (C=O) groups is 1. The second-order valence-corrected chi connectivity index (χ2v) is 6.83. The number of hydrogen-bond donors (Lipinski definition) is 2. The molecule has 0 aliphatic carbocycles. The maximum atomic E-state index is 13.6. The van der Waals surface area contributed by atoms with Crippen molar-refractivity contribution in [1.82, 2.24) is 10.6 Å². The van der Waals surface area contributed by atoms with Gasteiger partial charge < -0.3 is 10.6 Å². The Morgan fingerprint density at radius 3 is 2.30 bits per heavy atom. The Kier molecular flexibility index (Phi) is 6.13. The topological polar surface area (TPSA) is 41.1 Å². The first-order chi connectivity index (χ1) is 13.0. The van der Waals surface area contributed by atoms with Crippen LogP contribution in [0.4, 0.5) is 18.0 Å². The zero-order chi connectivity index (χ0) is 19.2. The van der Waals surface area contributed by atoms with Crippen LogP contribution in [-0.4, -0.2) is 12.6 Å². The van der Waals surface area contributed by atoms with E-state index in [2.05, 4.69) is 10.6 Å². The first kappa shape index (κ1) is 19.0. The molecule has 7 heteroatoms. The summed E-state index contributed by atoms with van der Waals surface area (Å²) in [5.74, 6) is -1.64. The van der Waals surface area contributed by atoms with Gasteiger partial charge in [0, 0.05) is 17.0 Å². The Morgan fingerprint density at radius 2 is 1.67 bits per heavy atom. The van der Waals surface area contributed by atoms with Gasteiger partial charge in [0.15, 0.2) is 0 Å². The predicted octanol–water partition coefficient (Wildman–Crippen LogP) is 4.80. The minimum absolute atomic E-state index is 0.0339. The SMILES string of the molecule is O=C(NCCc1c(F)cccc1F)NC(c1ccc(F)cc1)c1cccs1. The summed E-state index contributed by atoms with van der Waals surface area (Å²) in [5.41, 5.74) is 0.667. The lowest BCUT2D eigenvalue weighted by atomic mass is 10.1. The fourth-order valence-corrected chi connectivity index (χ4v) is 3.49. The van der Waals surface area contributed by atoms with Crippen molar-refractivity contribution >= 4 is 17.4 Å². The van der Waals surface area contributed by atoms with Crippen LogP contribution in [0.1, 0.15) is 22.0 Å². The first-order valence-corrected chi connectivity index (χ1v) is 9.18. The molecule has 0 fully saturated rings. The third-order valence-electron chi connectivity index (χ3n) is 4.03. The van der Waals surface area contributed by atoms with E-state index in [4.69, 9.17) is 0 Å². The zero-order valence-corrected chi connectivity index (χ0v) is 15.0. The van der Waals surface area contributed by atoms with Crippen molar-refractivity contribution in [3.63, 3.8) is 0 Å². The van der Waals surface area contributed by atoms with Crippen LogP contribution >= 0.6 is 11.3 Å². The number of urea groups is 1. The molecule has 0 bridgehead atoms. The van der Waals surface area contributed by atoms with Gasteiger partial charge in [0.2, 0.25) is 0 Å². The number of thiophene rings is 1. The lowest BCUT2D eigenvalue weighted by molar-refractivity contribution is 0.239. The first-order valence-electron chi connectivity index (χ1n) is 8.30. The van der Waals surface area contributed by atoms with Gasteiger partial charge in [-0.25, -0.2) is 18.0 Å². The highest BCUT2D eigenvalue weighted by Gasteiger charge is 2.18. The second kappa shape index (κ2) is 8.73. The molecule has 140 valence electrons. The molecule has 3 nitrogen and oxygen atoms in total. The molecule has 27 heavy (non-hydrogen) atoms. The molecular weight excluding hydrogens is 373 g/mol. The highest BCUT2D eigenvalue weighted by Crippen LogP contribution is 2.26. The summed E-state index contributed by atoms with van der Waals surface area (Å²) in [6, 6.07) is 12.3. The molecule has 2 aromatic carbocycles. The summed E-state index contributed by atoms with van der Waals surface area (Å²) in [6.07, 6.45) is 0.0339. The molecule has 1 unspecified atom stereocenters. The van der Waals surface area contributed by atoms with E-state index < -0.39 is 23.7 Å². The van der Waals surface area contributed by atoms with Gasteiger partial charge >= 0.3 is 6.03 Å². The molecule has 0 saturated heterocycles. The van der Waals surface area contributed by atoms with E-state index in [-0.39, 0.29) is 24.3 Å². The average Bonchev–Trinajstić information content (AvgIpc) is 3.17. The average molecular weight is 390 g/mol. The fraction of sp³-hybridized carbons (Fsp3) is 0.150. The Bertz CT molecular complexity index is 878. The van der Waals surface area contributed by atoms with Crippen LogP contribution in [-0.2, 0) is 6.42 Å². The number of nitrogens with one attached hydrogen (secondary N) is 2. The van der Waals surface area contributed by atoms with Crippen molar-refractivity contribution < 1.29 is 18.0 Å². The van der Waals surface area contributed by atoms with Crippen LogP contribution in [0.15, 0.2) is 60.0 Å². The maximum Gasteiger partial charge on any atom is 0.315 e. The smallest absolute Gasteiger partial charge is 0.315 e. The Balaban J connectivity index is 1.64. The highest BCUT2D eigenvalue weighted by atomic mass is 32.1. The summed E-state index contributed by atoms with van der Waals surface area (Å²) < 4.78 is 40.4. The summed E-state index contributed by atoms with van der Waals surface area (Å²) in [5, 5.41) is 7.31. The number of hydrogen-bond acceptors (Lipinski definition) is 2. The number of benzene rings is 2. The van der Waals surface area contributed by atoms with Crippen LogP contribution in [0, 0.1) is 17.5 Å². The molecular formula is C20H17F3N2OS. The van der Waals surface area contributed by atoms with E-state index in [1.54, 1.807) is 12.1 Å². The molecule has 3 aromatic rings. The Labute approximate surface area is 158 Å². The summed E-state index contributed by atoms with van der Waals surface area (Å²) in [6.45, 7) is 0.0737. The zero-order valence-electron chi connectivity index (χ0n) is 14.2. The third-order valence-corrected chi connectivity index (χ3v) is 4.97. The Hall–Kier alpha value is -2.80. The van der Waals surface area contributed by atoms with Gasteiger partial charge in [-0.3, -0.25) is 0 Å². The molecule has 2 N–H and O–H groups in total. The fourth-order valence-electron chi connectivity index (χ4n) is 2.68. The minimum atomic E-state index is -0.639. The molecule has 0 aliphatic rings. The monoisotopic (exact) mass is 390 g/mol. The molecule has 1 atom stereocenters. The molecule has 1 aromatic heterocycles. The number of amides is 2. The van der Waals surface area contributed by atoms with Crippen LogP contribution < -0.4 is 10.6 Å². The standard InChI is InChI=1S/C20H17F3N2OS/c21-14-8-6-13(7-9-14)19(18-5-2-12-27-18)25-20(26)24-11-10-15-16(22)3-1-4-17(15)23/h1-9,12,19H,10-11H2,(H2,24,25,26). The molecule has 2 amide bonds. The van der Waals surface area contributed by atoms with E-state index in [0.717, 1.165) is 10.4 Å². The summed E-state index contributed by atoms with van der Waals surface area (Å²) in [4.78, 5) is 13.2. The highest BCUT2D eigenvalue weighted by molar-refractivity contribution is 7.10. The van der Waals surface area contributed by atoms with Crippen molar-refractivity contribution in [1.29, 1.82) is 0 Å². The van der Waals surface area contributed by atoms with Gasteiger partial charge in [-0.15, -0.1) is 11.3 Å². The van der Waals surface area contributed by atoms with E-state index in [9.17, 15) is 18.0 Å². The lowest BCUT2D eigenvalue weighted by Gasteiger charge is -2.18. The largest absolute Gasteiger partial charge is 0.338 e. The van der Waals surface area contributed by atoms with Crippen molar-refractivity contribution in [2.75, 3.05) is 6.54 Å². The van der Waals surface area contributed by atoms with Crippen molar-refractivity contribution in [3.8, 4) is 0 Å².